The molecule has 0 unspecified atom stereocenters. The zero-order valence-electron chi connectivity index (χ0n) is 31.2. The molecule has 0 fully saturated rings. The van der Waals surface area contributed by atoms with Crippen molar-refractivity contribution in [2.45, 2.75) is 12.8 Å². The number of furan rings is 2. The van der Waals surface area contributed by atoms with Crippen molar-refractivity contribution in [3.05, 3.63) is 211 Å². The summed E-state index contributed by atoms with van der Waals surface area (Å²) in [4.78, 5) is 2.43. The highest BCUT2D eigenvalue weighted by Gasteiger charge is 2.26. The number of para-hydroxylation sites is 1. The van der Waals surface area contributed by atoms with E-state index in [2.05, 4.69) is 199 Å². The third-order valence-corrected chi connectivity index (χ3v) is 11.4. The highest BCUT2D eigenvalue weighted by molar-refractivity contribution is 6.25. The monoisotopic (exact) mass is 731 g/mol. The summed E-state index contributed by atoms with van der Waals surface area (Å²) in [6, 6.07) is 66.6. The largest absolute Gasteiger partial charge is 0.456 e. The molecule has 1 aliphatic carbocycles. The van der Waals surface area contributed by atoms with Crippen LogP contribution in [0.2, 0.25) is 0 Å². The lowest BCUT2D eigenvalue weighted by Crippen LogP contribution is -2.18. The standard InChI is InChI=1S/C54H37NO2/c1-4-13-36(14-5-1)39-23-25-42(26-24-39)51-53-45-19-10-11-21-48(45)56-50(53)35-46-52-47(20-12-22-49(52)57-54(46)51)55(43-31-27-40(28-32-43)37-15-6-2-7-16-37)44-33-29-41(30-34-44)38-17-8-3-9-18-38/h1-29,31-33,35H,30,34H2. The first-order chi connectivity index (χ1) is 28.3. The van der Waals surface area contributed by atoms with Gasteiger partial charge in [-0.15, -0.1) is 0 Å². The second-order valence-electron chi connectivity index (χ2n) is 14.8. The maximum absolute atomic E-state index is 7.05. The van der Waals surface area contributed by atoms with Crippen molar-refractivity contribution in [3.63, 3.8) is 0 Å². The SMILES string of the molecule is C1=C(c2ccccc2)CCC(N(c2ccc(-c3ccccc3)cc2)c2cccc3oc4c(-c5ccc(-c6ccccc6)cc5)c5c(cc4c23)oc2ccccc25)=C1. The Morgan fingerprint density at radius 3 is 1.63 bits per heavy atom. The van der Waals surface area contributed by atoms with E-state index in [1.165, 1.54) is 39.1 Å². The van der Waals surface area contributed by atoms with Gasteiger partial charge in [0, 0.05) is 33.1 Å². The van der Waals surface area contributed by atoms with Gasteiger partial charge in [-0.05, 0) is 94.3 Å². The number of fused-ring (bicyclic) bond motifs is 6. The molecule has 0 aliphatic heterocycles. The van der Waals surface area contributed by atoms with E-state index in [9.17, 15) is 0 Å². The van der Waals surface area contributed by atoms with Crippen molar-refractivity contribution in [1.29, 1.82) is 0 Å². The molecular weight excluding hydrogens is 695 g/mol. The molecule has 0 saturated carbocycles. The minimum Gasteiger partial charge on any atom is -0.456 e. The Morgan fingerprint density at radius 1 is 0.386 bits per heavy atom. The molecule has 11 rings (SSSR count). The zero-order chi connectivity index (χ0) is 37.7. The molecule has 3 heteroatoms. The Bertz CT molecular complexity index is 3130. The topological polar surface area (TPSA) is 29.5 Å². The molecule has 0 spiro atoms. The molecular formula is C54H37NO2. The third kappa shape index (κ3) is 5.75. The van der Waals surface area contributed by atoms with Gasteiger partial charge in [0.2, 0.25) is 0 Å². The minimum absolute atomic E-state index is 0.837. The summed E-state index contributed by atoms with van der Waals surface area (Å²) in [7, 11) is 0. The number of hydrogen-bond donors (Lipinski definition) is 0. The van der Waals surface area contributed by atoms with Crippen molar-refractivity contribution in [3.8, 4) is 33.4 Å². The lowest BCUT2D eigenvalue weighted by atomic mass is 9.93. The van der Waals surface area contributed by atoms with Gasteiger partial charge < -0.3 is 13.7 Å². The summed E-state index contributed by atoms with van der Waals surface area (Å²) in [6.07, 6.45) is 6.43. The van der Waals surface area contributed by atoms with E-state index in [1.807, 2.05) is 6.07 Å². The third-order valence-electron chi connectivity index (χ3n) is 11.4. The van der Waals surface area contributed by atoms with Gasteiger partial charge in [-0.1, -0.05) is 158 Å². The van der Waals surface area contributed by atoms with E-state index in [4.69, 9.17) is 8.83 Å². The smallest absolute Gasteiger partial charge is 0.144 e. The highest BCUT2D eigenvalue weighted by Crippen LogP contribution is 2.49. The molecule has 10 aromatic rings. The van der Waals surface area contributed by atoms with Gasteiger partial charge in [0.1, 0.15) is 22.3 Å². The molecule has 0 bridgehead atoms. The molecule has 2 aromatic heterocycles. The molecule has 0 N–H and O–H groups in total. The Hall–Kier alpha value is -7.36. The second kappa shape index (κ2) is 13.7. The molecule has 0 radical (unpaired) electrons. The van der Waals surface area contributed by atoms with Gasteiger partial charge in [-0.2, -0.15) is 0 Å². The Balaban J connectivity index is 1.14. The number of nitrogens with zero attached hydrogens (tertiary/aromatic N) is 1. The second-order valence-corrected chi connectivity index (χ2v) is 14.8. The first-order valence-electron chi connectivity index (χ1n) is 19.6. The van der Waals surface area contributed by atoms with Crippen LogP contribution in [0.5, 0.6) is 0 Å². The van der Waals surface area contributed by atoms with Crippen LogP contribution in [-0.2, 0) is 0 Å². The lowest BCUT2D eigenvalue weighted by Gasteiger charge is -2.30. The molecule has 3 nitrogen and oxygen atoms in total. The van der Waals surface area contributed by atoms with Crippen molar-refractivity contribution in [2.75, 3.05) is 4.90 Å². The molecule has 2 heterocycles. The number of benzene rings is 8. The van der Waals surface area contributed by atoms with Crippen LogP contribution in [0.3, 0.4) is 0 Å². The Labute approximate surface area is 331 Å². The summed E-state index contributed by atoms with van der Waals surface area (Å²) >= 11 is 0. The highest BCUT2D eigenvalue weighted by atomic mass is 16.3. The summed E-state index contributed by atoms with van der Waals surface area (Å²) in [5, 5.41) is 4.22. The molecule has 0 atom stereocenters. The summed E-state index contributed by atoms with van der Waals surface area (Å²) in [6.45, 7) is 0. The summed E-state index contributed by atoms with van der Waals surface area (Å²) < 4.78 is 13.7. The molecule has 57 heavy (non-hydrogen) atoms. The van der Waals surface area contributed by atoms with Crippen LogP contribution in [-0.4, -0.2) is 0 Å². The molecule has 0 saturated heterocycles. The van der Waals surface area contributed by atoms with Crippen LogP contribution in [0, 0.1) is 0 Å². The van der Waals surface area contributed by atoms with E-state index in [0.717, 1.165) is 79.2 Å². The van der Waals surface area contributed by atoms with Gasteiger partial charge in [-0.3, -0.25) is 0 Å². The fourth-order valence-electron chi connectivity index (χ4n) is 8.67. The van der Waals surface area contributed by atoms with Crippen LogP contribution in [0.1, 0.15) is 18.4 Å². The normalized spacial score (nSPS) is 13.0. The maximum Gasteiger partial charge on any atom is 0.144 e. The molecule has 270 valence electrons. The first-order valence-corrected chi connectivity index (χ1v) is 19.6. The van der Waals surface area contributed by atoms with Crippen molar-refractivity contribution in [2.24, 2.45) is 0 Å². The van der Waals surface area contributed by atoms with Gasteiger partial charge in [0.25, 0.3) is 0 Å². The van der Waals surface area contributed by atoms with Crippen molar-refractivity contribution < 1.29 is 8.83 Å². The van der Waals surface area contributed by atoms with E-state index in [1.54, 1.807) is 0 Å². The average Bonchev–Trinajstić information content (AvgIpc) is 3.85. The van der Waals surface area contributed by atoms with E-state index in [-0.39, 0.29) is 0 Å². The number of anilines is 2. The van der Waals surface area contributed by atoms with Gasteiger partial charge in [-0.25, -0.2) is 0 Å². The van der Waals surface area contributed by atoms with E-state index >= 15 is 0 Å². The first kappa shape index (κ1) is 33.0. The van der Waals surface area contributed by atoms with Crippen LogP contribution in [0.25, 0.3) is 82.8 Å². The predicted octanol–water partition coefficient (Wildman–Crippen LogP) is 15.4. The fraction of sp³-hybridized carbons (Fsp3) is 0.0370. The van der Waals surface area contributed by atoms with Crippen LogP contribution >= 0.6 is 0 Å². The van der Waals surface area contributed by atoms with Crippen LogP contribution < -0.4 is 4.90 Å². The lowest BCUT2D eigenvalue weighted by molar-refractivity contribution is 0.664. The fourth-order valence-corrected chi connectivity index (χ4v) is 8.67. The minimum atomic E-state index is 0.837. The van der Waals surface area contributed by atoms with Gasteiger partial charge >= 0.3 is 0 Å². The Kier molecular flexibility index (Phi) is 7.96. The number of allylic oxidation sites excluding steroid dienone is 4. The van der Waals surface area contributed by atoms with Gasteiger partial charge in [0.15, 0.2) is 0 Å². The molecule has 8 aromatic carbocycles. The number of hydrogen-bond acceptors (Lipinski definition) is 3. The predicted molar refractivity (Wildman–Crippen MR) is 238 cm³/mol. The van der Waals surface area contributed by atoms with Crippen LogP contribution in [0.15, 0.2) is 215 Å². The maximum atomic E-state index is 7.05. The van der Waals surface area contributed by atoms with Gasteiger partial charge in [0.05, 0.1) is 11.1 Å². The van der Waals surface area contributed by atoms with Crippen molar-refractivity contribution in [1.82, 2.24) is 0 Å². The molecule has 0 amide bonds. The molecule has 1 aliphatic rings. The summed E-state index contributed by atoms with van der Waals surface area (Å²) in [5.74, 6) is 0. The average molecular weight is 732 g/mol. The summed E-state index contributed by atoms with van der Waals surface area (Å²) in [5.41, 5.74) is 16.3. The van der Waals surface area contributed by atoms with E-state index in [0.29, 0.717) is 0 Å². The quantitative estimate of drug-likeness (QED) is 0.163. The van der Waals surface area contributed by atoms with E-state index < -0.39 is 0 Å². The number of rotatable bonds is 7. The Morgan fingerprint density at radius 2 is 0.965 bits per heavy atom. The zero-order valence-corrected chi connectivity index (χ0v) is 31.2. The van der Waals surface area contributed by atoms with Crippen LogP contribution in [0.4, 0.5) is 11.4 Å². The van der Waals surface area contributed by atoms with Crippen molar-refractivity contribution >= 4 is 60.8 Å².